The molecule has 0 atom stereocenters. The summed E-state index contributed by atoms with van der Waals surface area (Å²) < 4.78 is 12.4. The second kappa shape index (κ2) is 11.5. The predicted octanol–water partition coefficient (Wildman–Crippen LogP) is 9.89. The lowest BCUT2D eigenvalue weighted by atomic mass is 9.64. The van der Waals surface area contributed by atoms with Crippen molar-refractivity contribution in [2.75, 3.05) is 0 Å². The molecular weight excluding hydrogens is 570 g/mol. The van der Waals surface area contributed by atoms with Crippen LogP contribution in [0, 0.1) is 10.8 Å². The maximum absolute atomic E-state index is 13.9. The van der Waals surface area contributed by atoms with Gasteiger partial charge in [-0.15, -0.1) is 0 Å². The number of nitrogens with one attached hydrogen (secondary N) is 1. The van der Waals surface area contributed by atoms with Crippen LogP contribution in [0.2, 0.25) is 0 Å². The van der Waals surface area contributed by atoms with Gasteiger partial charge in [0, 0.05) is 29.3 Å². The third-order valence-corrected chi connectivity index (χ3v) is 9.76. The average molecular weight is 620 g/mol. The van der Waals surface area contributed by atoms with Gasteiger partial charge in [0.15, 0.2) is 0 Å². The molecule has 4 aromatic carbocycles. The number of fused-ring (bicyclic) bond motifs is 2. The third-order valence-electron chi connectivity index (χ3n) is 9.76. The lowest BCUT2D eigenvalue weighted by Gasteiger charge is -2.45. The highest BCUT2D eigenvalue weighted by Crippen LogP contribution is 2.47. The van der Waals surface area contributed by atoms with Crippen LogP contribution in [-0.4, -0.2) is 35.2 Å². The van der Waals surface area contributed by atoms with E-state index in [9.17, 15) is 9.59 Å². The van der Waals surface area contributed by atoms with Gasteiger partial charge in [0.25, 0.3) is 0 Å². The monoisotopic (exact) mass is 619 g/mol. The zero-order valence-corrected chi connectivity index (χ0v) is 28.8. The maximum Gasteiger partial charge on any atom is 0.339 e. The van der Waals surface area contributed by atoms with Crippen LogP contribution < -0.4 is 5.32 Å². The fourth-order valence-corrected chi connectivity index (χ4v) is 8.94. The smallest absolute Gasteiger partial charge is 0.339 e. The molecule has 5 heteroatoms. The van der Waals surface area contributed by atoms with Gasteiger partial charge in [-0.1, -0.05) is 82.3 Å². The zero-order valence-electron chi connectivity index (χ0n) is 28.8. The fourth-order valence-electron chi connectivity index (χ4n) is 8.94. The molecule has 6 rings (SSSR count). The van der Waals surface area contributed by atoms with Gasteiger partial charge in [-0.25, -0.2) is 9.59 Å². The summed E-state index contributed by atoms with van der Waals surface area (Å²) >= 11 is 0. The van der Waals surface area contributed by atoms with Crippen LogP contribution >= 0.6 is 0 Å². The van der Waals surface area contributed by atoms with Gasteiger partial charge in [-0.3, -0.25) is 0 Å². The molecule has 2 fully saturated rings. The molecule has 2 aliphatic rings. The number of carbonyl (C=O) groups excluding carboxylic acids is 2. The minimum absolute atomic E-state index is 0.117. The molecule has 5 nitrogen and oxygen atoms in total. The van der Waals surface area contributed by atoms with Crippen LogP contribution in [0.25, 0.3) is 32.7 Å². The molecule has 1 aliphatic carbocycles. The number of benzene rings is 4. The molecule has 0 amide bonds. The Morgan fingerprint density at radius 3 is 1.78 bits per heavy atom. The SMILES string of the molecule is CC1(C)CC(OC(=O)c2cccc3ccc(-c4cccc5cccc(C(=O)OC6CC(C)(C)NC(C)(C)C6)c45)cc23)CC(C)(C)C1. The van der Waals surface area contributed by atoms with Crippen LogP contribution in [0.4, 0.5) is 0 Å². The van der Waals surface area contributed by atoms with E-state index in [0.717, 1.165) is 64.8 Å². The highest BCUT2D eigenvalue weighted by molar-refractivity contribution is 6.12. The first kappa shape index (κ1) is 32.2. The Balaban J connectivity index is 1.35. The number of hydrogen-bond acceptors (Lipinski definition) is 5. The van der Waals surface area contributed by atoms with Gasteiger partial charge < -0.3 is 14.8 Å². The number of carbonyl (C=O) groups is 2. The van der Waals surface area contributed by atoms with Crippen molar-refractivity contribution in [3.63, 3.8) is 0 Å². The molecule has 0 spiro atoms. The first-order chi connectivity index (χ1) is 21.5. The van der Waals surface area contributed by atoms with E-state index in [1.165, 1.54) is 0 Å². The van der Waals surface area contributed by atoms with E-state index in [-0.39, 0.29) is 46.1 Å². The molecule has 0 aromatic heterocycles. The molecule has 1 heterocycles. The molecule has 1 aliphatic heterocycles. The van der Waals surface area contributed by atoms with Crippen molar-refractivity contribution >= 4 is 33.5 Å². The second-order valence-electron chi connectivity index (χ2n) is 16.7. The van der Waals surface area contributed by atoms with E-state index in [4.69, 9.17) is 9.47 Å². The van der Waals surface area contributed by atoms with Crippen LogP contribution in [0.5, 0.6) is 0 Å². The van der Waals surface area contributed by atoms with Gasteiger partial charge in [-0.2, -0.15) is 0 Å². The lowest BCUT2D eigenvalue weighted by molar-refractivity contribution is -0.0282. The largest absolute Gasteiger partial charge is 0.459 e. The van der Waals surface area contributed by atoms with E-state index in [2.05, 4.69) is 72.8 Å². The highest BCUT2D eigenvalue weighted by atomic mass is 16.5. The molecular formula is C41H49NO4. The molecule has 242 valence electrons. The minimum Gasteiger partial charge on any atom is -0.459 e. The summed E-state index contributed by atoms with van der Waals surface area (Å²) in [5.74, 6) is -0.587. The van der Waals surface area contributed by atoms with Crippen LogP contribution in [0.1, 0.15) is 108 Å². The highest BCUT2D eigenvalue weighted by Gasteiger charge is 2.41. The Labute approximate surface area is 274 Å². The van der Waals surface area contributed by atoms with E-state index in [1.807, 2.05) is 60.7 Å². The van der Waals surface area contributed by atoms with Gasteiger partial charge >= 0.3 is 11.9 Å². The summed E-state index contributed by atoms with van der Waals surface area (Å²) in [4.78, 5) is 27.6. The topological polar surface area (TPSA) is 64.6 Å². The van der Waals surface area contributed by atoms with Gasteiger partial charge in [-0.05, 0) is 103 Å². The molecule has 4 aromatic rings. The van der Waals surface area contributed by atoms with Crippen molar-refractivity contribution in [1.29, 1.82) is 0 Å². The molecule has 46 heavy (non-hydrogen) atoms. The molecule has 0 bridgehead atoms. The van der Waals surface area contributed by atoms with Gasteiger partial charge in [0.1, 0.15) is 12.2 Å². The maximum atomic E-state index is 13.9. The van der Waals surface area contributed by atoms with Crippen LogP contribution in [0.3, 0.4) is 0 Å². The normalized spacial score (nSPS) is 20.8. The predicted molar refractivity (Wildman–Crippen MR) is 187 cm³/mol. The number of esters is 2. The second-order valence-corrected chi connectivity index (χ2v) is 16.7. The first-order valence-electron chi connectivity index (χ1n) is 16.8. The molecule has 1 saturated heterocycles. The zero-order chi connectivity index (χ0) is 33.1. The van der Waals surface area contributed by atoms with E-state index in [0.29, 0.717) is 11.1 Å². The van der Waals surface area contributed by atoms with Crippen molar-refractivity contribution in [2.24, 2.45) is 10.8 Å². The summed E-state index contributed by atoms with van der Waals surface area (Å²) in [5, 5.41) is 7.30. The Bertz CT molecular complexity index is 1780. The van der Waals surface area contributed by atoms with Crippen molar-refractivity contribution < 1.29 is 19.1 Å². The minimum atomic E-state index is -0.306. The quantitative estimate of drug-likeness (QED) is 0.225. The summed E-state index contributed by atoms with van der Waals surface area (Å²) in [7, 11) is 0. The van der Waals surface area contributed by atoms with Gasteiger partial charge in [0.2, 0.25) is 0 Å². The fraction of sp³-hybridized carbons (Fsp3) is 0.463. The molecule has 0 radical (unpaired) electrons. The summed E-state index contributed by atoms with van der Waals surface area (Å²) in [6.45, 7) is 17.7. The Morgan fingerprint density at radius 1 is 0.630 bits per heavy atom. The number of hydrogen-bond donors (Lipinski definition) is 1. The first-order valence-corrected chi connectivity index (χ1v) is 16.8. The van der Waals surface area contributed by atoms with Gasteiger partial charge in [0.05, 0.1) is 11.1 Å². The van der Waals surface area contributed by atoms with Crippen molar-refractivity contribution in [3.8, 4) is 11.1 Å². The molecule has 1 saturated carbocycles. The lowest BCUT2D eigenvalue weighted by Crippen LogP contribution is -2.59. The van der Waals surface area contributed by atoms with Crippen molar-refractivity contribution in [3.05, 3.63) is 83.9 Å². The van der Waals surface area contributed by atoms with Crippen molar-refractivity contribution in [2.45, 2.75) is 111 Å². The Kier molecular flexibility index (Phi) is 8.08. The van der Waals surface area contributed by atoms with Crippen LogP contribution in [-0.2, 0) is 9.47 Å². The summed E-state index contributed by atoms with van der Waals surface area (Å²) in [5.41, 5.74) is 2.94. The van der Waals surface area contributed by atoms with E-state index < -0.39 is 0 Å². The van der Waals surface area contributed by atoms with Crippen LogP contribution in [0.15, 0.2) is 72.8 Å². The number of ether oxygens (including phenoxy) is 2. The summed E-state index contributed by atoms with van der Waals surface area (Å²) in [6, 6.07) is 23.9. The Morgan fingerprint density at radius 2 is 1.15 bits per heavy atom. The third kappa shape index (κ3) is 6.85. The molecule has 1 N–H and O–H groups in total. The molecule has 0 unspecified atom stereocenters. The average Bonchev–Trinajstić information content (AvgIpc) is 2.92. The Hall–Kier alpha value is -3.70. The van der Waals surface area contributed by atoms with E-state index >= 15 is 0 Å². The summed E-state index contributed by atoms with van der Waals surface area (Å²) in [6.07, 6.45) is 4.03. The van der Waals surface area contributed by atoms with E-state index in [1.54, 1.807) is 0 Å². The number of piperidine rings is 1. The standard InChI is InChI=1S/C41H49NO4/c1-38(2)21-29(22-39(3,4)25-38)45-36(43)32-16-9-12-26-18-19-28(20-34(26)32)31-15-10-13-27-14-11-17-33(35(27)31)37(44)46-30-23-40(5,6)42-41(7,8)24-30/h9-20,29-30,42H,21-25H2,1-8H3. The number of rotatable bonds is 5. The van der Waals surface area contributed by atoms with Crippen molar-refractivity contribution in [1.82, 2.24) is 5.32 Å².